The molecule has 0 aliphatic heterocycles. The summed E-state index contributed by atoms with van der Waals surface area (Å²) in [7, 11) is 3.17. The molecular weight excluding hydrogens is 348 g/mol. The third-order valence-corrected chi connectivity index (χ3v) is 4.48. The van der Waals surface area contributed by atoms with Crippen LogP contribution in [0.5, 0.6) is 0 Å². The molecule has 0 saturated heterocycles. The Balaban J connectivity index is 2.40. The van der Waals surface area contributed by atoms with Crippen molar-refractivity contribution in [2.45, 2.75) is 40.8 Å². The lowest BCUT2D eigenvalue weighted by Crippen LogP contribution is -2.40. The van der Waals surface area contributed by atoms with Crippen molar-refractivity contribution in [3.8, 4) is 5.95 Å². The third kappa shape index (κ3) is 3.23. The highest BCUT2D eigenvalue weighted by Gasteiger charge is 2.22. The zero-order valence-electron chi connectivity index (χ0n) is 16.7. The number of aryl methyl sites for hydroxylation is 3. The van der Waals surface area contributed by atoms with Gasteiger partial charge in [0, 0.05) is 26.4 Å². The lowest BCUT2D eigenvalue weighted by Gasteiger charge is -2.13. The summed E-state index contributed by atoms with van der Waals surface area (Å²) in [6.45, 7) is 9.05. The Morgan fingerprint density at radius 3 is 2.44 bits per heavy atom. The predicted molar refractivity (Wildman–Crippen MR) is 103 cm³/mol. The monoisotopic (exact) mass is 374 g/mol. The van der Waals surface area contributed by atoms with E-state index in [1.165, 1.54) is 16.2 Å². The van der Waals surface area contributed by atoms with E-state index < -0.39 is 5.69 Å². The van der Waals surface area contributed by atoms with Gasteiger partial charge < -0.3 is 9.30 Å². The van der Waals surface area contributed by atoms with Gasteiger partial charge in [0.1, 0.15) is 0 Å². The number of hydrogen-bond donors (Lipinski definition) is 0. The molecule has 3 aromatic heterocycles. The average Bonchev–Trinajstić information content (AvgIpc) is 3.12. The molecule has 146 valence electrons. The Bertz CT molecular complexity index is 1100. The molecule has 0 aromatic carbocycles. The van der Waals surface area contributed by atoms with Gasteiger partial charge in [0.15, 0.2) is 11.2 Å². The Hall–Kier alpha value is -2.68. The third-order valence-electron chi connectivity index (χ3n) is 4.48. The summed E-state index contributed by atoms with van der Waals surface area (Å²) in [6, 6.07) is 1.95. The lowest BCUT2D eigenvalue weighted by molar-refractivity contribution is 0.184. The minimum absolute atomic E-state index is 0.194. The van der Waals surface area contributed by atoms with Gasteiger partial charge in [-0.05, 0) is 25.8 Å². The lowest BCUT2D eigenvalue weighted by atomic mass is 10.2. The molecule has 0 aliphatic rings. The highest BCUT2D eigenvalue weighted by Crippen LogP contribution is 2.18. The molecule has 0 radical (unpaired) electrons. The minimum atomic E-state index is -0.404. The maximum atomic E-state index is 13.1. The predicted octanol–water partition coefficient (Wildman–Crippen LogP) is 1.00. The SMILES string of the molecule is COCCn1c(=O)c2c(nc(-n3nc(C)cc3C)n2CC(C)C)n(C)c1=O. The van der Waals surface area contributed by atoms with Crippen molar-refractivity contribution >= 4 is 11.2 Å². The van der Waals surface area contributed by atoms with Gasteiger partial charge >= 0.3 is 5.69 Å². The number of nitrogens with zero attached hydrogens (tertiary/aromatic N) is 6. The molecule has 27 heavy (non-hydrogen) atoms. The van der Waals surface area contributed by atoms with Crippen LogP contribution in [0.4, 0.5) is 0 Å². The van der Waals surface area contributed by atoms with Crippen molar-refractivity contribution in [1.29, 1.82) is 0 Å². The minimum Gasteiger partial charge on any atom is -0.383 e. The van der Waals surface area contributed by atoms with Crippen molar-refractivity contribution in [3.05, 3.63) is 38.3 Å². The summed E-state index contributed by atoms with van der Waals surface area (Å²) >= 11 is 0. The van der Waals surface area contributed by atoms with Crippen LogP contribution in [0.15, 0.2) is 15.7 Å². The molecule has 3 heterocycles. The summed E-state index contributed by atoms with van der Waals surface area (Å²) in [5.74, 6) is 0.822. The van der Waals surface area contributed by atoms with Crippen LogP contribution in [0.2, 0.25) is 0 Å². The van der Waals surface area contributed by atoms with Crippen molar-refractivity contribution < 1.29 is 4.74 Å². The number of hydrogen-bond acceptors (Lipinski definition) is 5. The molecule has 9 heteroatoms. The fourth-order valence-corrected chi connectivity index (χ4v) is 3.27. The Morgan fingerprint density at radius 1 is 1.19 bits per heavy atom. The maximum Gasteiger partial charge on any atom is 0.332 e. The zero-order valence-corrected chi connectivity index (χ0v) is 16.7. The van der Waals surface area contributed by atoms with E-state index in [9.17, 15) is 9.59 Å². The fourth-order valence-electron chi connectivity index (χ4n) is 3.27. The topological polar surface area (TPSA) is 88.9 Å². The van der Waals surface area contributed by atoms with Crippen LogP contribution in [0, 0.1) is 19.8 Å². The summed E-state index contributed by atoms with van der Waals surface area (Å²) in [5, 5.41) is 4.51. The van der Waals surface area contributed by atoms with E-state index in [0.29, 0.717) is 23.7 Å². The van der Waals surface area contributed by atoms with E-state index in [1.54, 1.807) is 11.7 Å². The van der Waals surface area contributed by atoms with E-state index in [1.807, 2.05) is 24.5 Å². The van der Waals surface area contributed by atoms with Crippen LogP contribution in [-0.2, 0) is 24.9 Å². The van der Waals surface area contributed by atoms with Crippen molar-refractivity contribution in [1.82, 2.24) is 28.5 Å². The molecule has 9 nitrogen and oxygen atoms in total. The average molecular weight is 374 g/mol. The van der Waals surface area contributed by atoms with Crippen LogP contribution < -0.4 is 11.2 Å². The van der Waals surface area contributed by atoms with Gasteiger partial charge in [0.05, 0.1) is 18.8 Å². The Labute approximate surface area is 156 Å². The first-order valence-electron chi connectivity index (χ1n) is 8.98. The second-order valence-electron chi connectivity index (χ2n) is 7.22. The van der Waals surface area contributed by atoms with Gasteiger partial charge in [0.25, 0.3) is 5.56 Å². The molecule has 0 fully saturated rings. The number of imidazole rings is 1. The molecule has 3 aromatic rings. The van der Waals surface area contributed by atoms with Crippen LogP contribution >= 0.6 is 0 Å². The fraction of sp³-hybridized carbons (Fsp3) is 0.556. The van der Waals surface area contributed by atoms with E-state index in [2.05, 4.69) is 23.9 Å². The molecule has 3 rings (SSSR count). The number of methoxy groups -OCH3 is 1. The number of aromatic nitrogens is 6. The van der Waals surface area contributed by atoms with Crippen molar-refractivity contribution in [3.63, 3.8) is 0 Å². The van der Waals surface area contributed by atoms with Crippen LogP contribution in [-0.4, -0.2) is 42.2 Å². The number of rotatable bonds is 6. The van der Waals surface area contributed by atoms with Crippen molar-refractivity contribution in [2.24, 2.45) is 13.0 Å². The normalized spacial score (nSPS) is 11.8. The van der Waals surface area contributed by atoms with Gasteiger partial charge in [0.2, 0.25) is 5.95 Å². The molecular formula is C18H26N6O3. The highest BCUT2D eigenvalue weighted by atomic mass is 16.5. The molecule has 0 spiro atoms. The summed E-state index contributed by atoms with van der Waals surface area (Å²) in [4.78, 5) is 30.4. The van der Waals surface area contributed by atoms with Crippen LogP contribution in [0.25, 0.3) is 17.1 Å². The molecule has 0 amide bonds. The van der Waals surface area contributed by atoms with Gasteiger partial charge in [-0.1, -0.05) is 13.8 Å². The molecule has 0 unspecified atom stereocenters. The van der Waals surface area contributed by atoms with Crippen LogP contribution in [0.1, 0.15) is 25.2 Å². The zero-order chi connectivity index (χ0) is 19.9. The van der Waals surface area contributed by atoms with Crippen LogP contribution in [0.3, 0.4) is 0 Å². The smallest absolute Gasteiger partial charge is 0.332 e. The second kappa shape index (κ2) is 7.15. The molecule has 0 bridgehead atoms. The standard InChI is InChI=1S/C18H26N6O3/c1-11(2)10-23-14-15(19-17(23)24-13(4)9-12(3)20-24)21(5)18(26)22(16(14)25)7-8-27-6/h9,11H,7-8,10H2,1-6H3. The first-order chi connectivity index (χ1) is 12.8. The van der Waals surface area contributed by atoms with E-state index >= 15 is 0 Å². The first-order valence-corrected chi connectivity index (χ1v) is 8.98. The number of fused-ring (bicyclic) bond motifs is 1. The van der Waals surface area contributed by atoms with Gasteiger partial charge in [-0.3, -0.25) is 13.9 Å². The Kier molecular flexibility index (Phi) is 5.05. The number of ether oxygens (including phenoxy) is 1. The molecule has 0 saturated carbocycles. The largest absolute Gasteiger partial charge is 0.383 e. The van der Waals surface area contributed by atoms with Gasteiger partial charge in [-0.25, -0.2) is 9.48 Å². The summed E-state index contributed by atoms with van der Waals surface area (Å²) in [6.07, 6.45) is 0. The molecule has 0 aliphatic carbocycles. The van der Waals surface area contributed by atoms with Crippen molar-refractivity contribution in [2.75, 3.05) is 13.7 Å². The molecule has 0 N–H and O–H groups in total. The Morgan fingerprint density at radius 2 is 1.89 bits per heavy atom. The quantitative estimate of drug-likeness (QED) is 0.642. The summed E-state index contributed by atoms with van der Waals surface area (Å²) in [5.41, 5.74) is 1.79. The van der Waals surface area contributed by atoms with E-state index in [-0.39, 0.29) is 24.6 Å². The van der Waals surface area contributed by atoms with Gasteiger partial charge in [-0.15, -0.1) is 0 Å². The first kappa shape index (κ1) is 19.1. The summed E-state index contributed by atoms with van der Waals surface area (Å²) < 4.78 is 11.3. The highest BCUT2D eigenvalue weighted by molar-refractivity contribution is 5.72. The van der Waals surface area contributed by atoms with E-state index in [0.717, 1.165) is 11.4 Å². The van der Waals surface area contributed by atoms with E-state index in [4.69, 9.17) is 4.74 Å². The molecule has 0 atom stereocenters. The second-order valence-corrected chi connectivity index (χ2v) is 7.22. The maximum absolute atomic E-state index is 13.1. The van der Waals surface area contributed by atoms with Gasteiger partial charge in [-0.2, -0.15) is 10.1 Å².